The van der Waals surface area contributed by atoms with Gasteiger partial charge in [0, 0.05) is 5.56 Å². The van der Waals surface area contributed by atoms with Crippen LogP contribution in [-0.2, 0) is 4.79 Å². The molecule has 0 amide bonds. The Bertz CT molecular complexity index is 491. The molecular weight excluding hydrogens is 237 g/mol. The van der Waals surface area contributed by atoms with Crippen LogP contribution in [0.4, 0.5) is 13.2 Å². The second-order valence-corrected chi connectivity index (χ2v) is 3.46. The number of fused-ring (bicyclic) bond motifs is 1. The highest BCUT2D eigenvalue weighted by Crippen LogP contribution is 2.36. The average Bonchev–Trinajstić information content (AvgIpc) is 2.26. The molecule has 0 spiro atoms. The number of hydrogen-bond donors (Lipinski definition) is 1. The van der Waals surface area contributed by atoms with Crippen LogP contribution in [0.2, 0.25) is 0 Å². The van der Waals surface area contributed by atoms with Crippen molar-refractivity contribution in [3.63, 3.8) is 0 Å². The van der Waals surface area contributed by atoms with E-state index in [0.29, 0.717) is 6.08 Å². The number of ether oxygens (including phenoxy) is 1. The number of benzene rings is 1. The summed E-state index contributed by atoms with van der Waals surface area (Å²) in [7, 11) is 0. The van der Waals surface area contributed by atoms with E-state index in [-0.39, 0.29) is 11.3 Å². The summed E-state index contributed by atoms with van der Waals surface area (Å²) < 4.78 is 42.2. The minimum absolute atomic E-state index is 0.0743. The Morgan fingerprint density at radius 2 is 1.94 bits per heavy atom. The molecule has 17 heavy (non-hydrogen) atoms. The van der Waals surface area contributed by atoms with Crippen molar-refractivity contribution in [3.05, 3.63) is 35.9 Å². The van der Waals surface area contributed by atoms with Gasteiger partial charge >= 0.3 is 12.1 Å². The Morgan fingerprint density at radius 1 is 1.29 bits per heavy atom. The fraction of sp³-hybridized carbons (Fsp3) is 0.182. The molecule has 1 heterocycles. The van der Waals surface area contributed by atoms with Crippen molar-refractivity contribution in [1.29, 1.82) is 0 Å². The van der Waals surface area contributed by atoms with Crippen LogP contribution in [0.25, 0.3) is 5.57 Å². The molecule has 90 valence electrons. The molecule has 1 N–H and O–H groups in total. The maximum atomic E-state index is 12.5. The minimum atomic E-state index is -4.63. The van der Waals surface area contributed by atoms with E-state index in [1.54, 1.807) is 0 Å². The third kappa shape index (κ3) is 2.11. The van der Waals surface area contributed by atoms with E-state index in [2.05, 4.69) is 0 Å². The quantitative estimate of drug-likeness (QED) is 0.825. The largest absolute Gasteiger partial charge is 0.478 e. The van der Waals surface area contributed by atoms with Crippen molar-refractivity contribution in [3.8, 4) is 5.75 Å². The fourth-order valence-electron chi connectivity index (χ4n) is 1.55. The van der Waals surface area contributed by atoms with Crippen LogP contribution >= 0.6 is 0 Å². The molecule has 0 bridgehead atoms. The molecule has 0 saturated carbocycles. The van der Waals surface area contributed by atoms with Crippen LogP contribution in [0, 0.1) is 0 Å². The van der Waals surface area contributed by atoms with Gasteiger partial charge in [0.1, 0.15) is 5.75 Å². The van der Waals surface area contributed by atoms with E-state index >= 15 is 0 Å². The minimum Gasteiger partial charge on any atom is -0.478 e. The molecule has 2 rings (SSSR count). The monoisotopic (exact) mass is 244 g/mol. The first-order valence-corrected chi connectivity index (χ1v) is 4.67. The summed E-state index contributed by atoms with van der Waals surface area (Å²) in [6.07, 6.45) is -6.28. The highest BCUT2D eigenvalue weighted by atomic mass is 19.4. The highest BCUT2D eigenvalue weighted by molar-refractivity contribution is 6.16. The lowest BCUT2D eigenvalue weighted by molar-refractivity contribution is -0.180. The zero-order valence-electron chi connectivity index (χ0n) is 8.36. The Kier molecular flexibility index (Phi) is 2.57. The van der Waals surface area contributed by atoms with Gasteiger partial charge < -0.3 is 9.84 Å². The van der Waals surface area contributed by atoms with Crippen LogP contribution in [-0.4, -0.2) is 23.4 Å². The van der Waals surface area contributed by atoms with E-state index in [1.165, 1.54) is 24.3 Å². The maximum absolute atomic E-state index is 12.5. The molecule has 3 nitrogen and oxygen atoms in total. The topological polar surface area (TPSA) is 46.5 Å². The Morgan fingerprint density at radius 3 is 2.53 bits per heavy atom. The van der Waals surface area contributed by atoms with Crippen molar-refractivity contribution in [2.45, 2.75) is 12.3 Å². The number of aliphatic carboxylic acids is 1. The lowest BCUT2D eigenvalue weighted by Gasteiger charge is -2.25. The lowest BCUT2D eigenvalue weighted by atomic mass is 10.00. The van der Waals surface area contributed by atoms with Gasteiger partial charge in [-0.1, -0.05) is 18.2 Å². The summed E-state index contributed by atoms with van der Waals surface area (Å²) in [6.45, 7) is 0. The number of carboxylic acid groups (broad SMARTS) is 1. The SMILES string of the molecule is O=C(O)C1=CC(C(F)(F)F)Oc2ccccc21. The van der Waals surface area contributed by atoms with Crippen molar-refractivity contribution in [2.75, 3.05) is 0 Å². The Hall–Kier alpha value is -1.98. The van der Waals surface area contributed by atoms with Crippen LogP contribution in [0.3, 0.4) is 0 Å². The molecule has 0 aliphatic carbocycles. The predicted molar refractivity (Wildman–Crippen MR) is 52.5 cm³/mol. The first-order valence-electron chi connectivity index (χ1n) is 4.67. The smallest absolute Gasteiger partial charge is 0.429 e. The maximum Gasteiger partial charge on any atom is 0.429 e. The van der Waals surface area contributed by atoms with Gasteiger partial charge in [-0.25, -0.2) is 4.79 Å². The molecule has 1 unspecified atom stereocenters. The van der Waals surface area contributed by atoms with Gasteiger partial charge in [0.2, 0.25) is 6.10 Å². The molecular formula is C11H7F3O3. The van der Waals surface area contributed by atoms with Gasteiger partial charge in [-0.15, -0.1) is 0 Å². The lowest BCUT2D eigenvalue weighted by Crippen LogP contribution is -2.35. The van der Waals surface area contributed by atoms with E-state index < -0.39 is 23.8 Å². The summed E-state index contributed by atoms with van der Waals surface area (Å²) in [6, 6.07) is 5.73. The number of hydrogen-bond acceptors (Lipinski definition) is 2. The Balaban J connectivity index is 2.51. The zero-order valence-corrected chi connectivity index (χ0v) is 8.36. The molecule has 1 aromatic rings. The molecule has 0 aromatic heterocycles. The molecule has 1 aromatic carbocycles. The molecule has 1 atom stereocenters. The van der Waals surface area contributed by atoms with Crippen molar-refractivity contribution < 1.29 is 27.8 Å². The fourth-order valence-corrected chi connectivity index (χ4v) is 1.55. The molecule has 1 aliphatic rings. The molecule has 6 heteroatoms. The second-order valence-electron chi connectivity index (χ2n) is 3.46. The number of carboxylic acids is 1. The van der Waals surface area contributed by atoms with Gasteiger partial charge in [-0.05, 0) is 12.1 Å². The van der Waals surface area contributed by atoms with E-state index in [1.807, 2.05) is 0 Å². The highest BCUT2D eigenvalue weighted by Gasteiger charge is 2.43. The Labute approximate surface area is 94.1 Å². The first-order chi connectivity index (χ1) is 7.89. The summed E-state index contributed by atoms with van der Waals surface area (Å²) in [5.41, 5.74) is -0.241. The van der Waals surface area contributed by atoms with Crippen molar-refractivity contribution >= 4 is 11.5 Å². The molecule has 1 aliphatic heterocycles. The normalized spacial score (nSPS) is 19.0. The van der Waals surface area contributed by atoms with E-state index in [9.17, 15) is 18.0 Å². The summed E-state index contributed by atoms with van der Waals surface area (Å²) in [4.78, 5) is 10.9. The van der Waals surface area contributed by atoms with Gasteiger partial charge in [0.05, 0.1) is 5.57 Å². The van der Waals surface area contributed by atoms with Gasteiger partial charge in [0.25, 0.3) is 0 Å². The number of halogens is 3. The number of alkyl halides is 3. The number of rotatable bonds is 1. The number of carbonyl (C=O) groups is 1. The van der Waals surface area contributed by atoms with Gasteiger partial charge in [-0.3, -0.25) is 0 Å². The first kappa shape index (κ1) is 11.5. The predicted octanol–water partition coefficient (Wildman–Crippen LogP) is 2.48. The van der Waals surface area contributed by atoms with Crippen molar-refractivity contribution in [2.24, 2.45) is 0 Å². The number of para-hydroxylation sites is 1. The van der Waals surface area contributed by atoms with Crippen LogP contribution in [0.5, 0.6) is 5.75 Å². The van der Waals surface area contributed by atoms with E-state index in [0.717, 1.165) is 0 Å². The third-order valence-corrected chi connectivity index (χ3v) is 2.30. The molecule has 0 saturated heterocycles. The molecule has 0 fully saturated rings. The summed E-state index contributed by atoms with van der Waals surface area (Å²) in [5.74, 6) is -1.48. The molecule has 0 radical (unpaired) electrons. The van der Waals surface area contributed by atoms with Crippen molar-refractivity contribution in [1.82, 2.24) is 0 Å². The zero-order chi connectivity index (χ0) is 12.6. The van der Waals surface area contributed by atoms with E-state index in [4.69, 9.17) is 9.84 Å². The summed E-state index contributed by atoms with van der Waals surface area (Å²) in [5, 5.41) is 8.88. The third-order valence-electron chi connectivity index (χ3n) is 2.30. The standard InChI is InChI=1S/C11H7F3O3/c12-11(13,14)9-5-7(10(15)16)6-3-1-2-4-8(6)17-9/h1-5,9H,(H,15,16). The van der Waals surface area contributed by atoms with Crippen LogP contribution in [0.1, 0.15) is 5.56 Å². The average molecular weight is 244 g/mol. The van der Waals surface area contributed by atoms with Crippen LogP contribution in [0.15, 0.2) is 30.3 Å². The summed E-state index contributed by atoms with van der Waals surface area (Å²) >= 11 is 0. The second kappa shape index (κ2) is 3.80. The van der Waals surface area contributed by atoms with Crippen LogP contribution < -0.4 is 4.74 Å². The van der Waals surface area contributed by atoms with Gasteiger partial charge in [-0.2, -0.15) is 13.2 Å². The van der Waals surface area contributed by atoms with Gasteiger partial charge in [0.15, 0.2) is 0 Å².